The van der Waals surface area contributed by atoms with Crippen LogP contribution in [0.2, 0.25) is 0 Å². The molecular weight excluding hydrogens is 260 g/mol. The van der Waals surface area contributed by atoms with Crippen LogP contribution in [0.1, 0.15) is 18.4 Å². The van der Waals surface area contributed by atoms with Crippen LogP contribution >= 0.6 is 15.9 Å². The highest BCUT2D eigenvalue weighted by Gasteiger charge is 2.33. The Labute approximate surface area is 96.8 Å². The fourth-order valence-corrected chi connectivity index (χ4v) is 2.23. The highest BCUT2D eigenvalue weighted by atomic mass is 79.9. The van der Waals surface area contributed by atoms with Gasteiger partial charge in [0.1, 0.15) is 5.75 Å². The zero-order chi connectivity index (χ0) is 10.9. The second-order valence-corrected chi connectivity index (χ2v) is 4.72. The topological polar surface area (TPSA) is 49.7 Å². The lowest BCUT2D eigenvalue weighted by atomic mass is 9.86. The molecule has 0 bridgehead atoms. The molecule has 3 nitrogen and oxygen atoms in total. The first-order valence-corrected chi connectivity index (χ1v) is 5.70. The van der Waals surface area contributed by atoms with Crippen molar-refractivity contribution >= 4 is 15.9 Å². The first-order chi connectivity index (χ1) is 7.12. The third-order valence-electron chi connectivity index (χ3n) is 2.78. The second kappa shape index (κ2) is 4.12. The van der Waals surface area contributed by atoms with Gasteiger partial charge in [0, 0.05) is 36.1 Å². The first kappa shape index (κ1) is 10.9. The predicted molar refractivity (Wildman–Crippen MR) is 59.8 cm³/mol. The molecule has 0 radical (unpaired) electrons. The third kappa shape index (κ3) is 2.17. The molecule has 1 fully saturated rings. The minimum absolute atomic E-state index is 0.133. The Morgan fingerprint density at radius 3 is 2.53 bits per heavy atom. The summed E-state index contributed by atoms with van der Waals surface area (Å²) in [5, 5.41) is 20.1. The standard InChI is InChI=1S/C11H13BrO3/c12-8-1-2-9(10(13)7-8)11(14)3-5-15-6-4-11/h1-2,7,13-14H,3-6H2. The molecule has 0 aliphatic carbocycles. The number of hydrogen-bond acceptors (Lipinski definition) is 3. The fraction of sp³-hybridized carbons (Fsp3) is 0.455. The maximum absolute atomic E-state index is 10.4. The molecule has 1 aromatic rings. The lowest BCUT2D eigenvalue weighted by Crippen LogP contribution is -2.33. The summed E-state index contributed by atoms with van der Waals surface area (Å²) in [6.45, 7) is 1.07. The summed E-state index contributed by atoms with van der Waals surface area (Å²) in [5.41, 5.74) is -0.350. The van der Waals surface area contributed by atoms with E-state index in [0.717, 1.165) is 4.47 Å². The molecule has 0 atom stereocenters. The zero-order valence-corrected chi connectivity index (χ0v) is 9.83. The molecule has 1 heterocycles. The van der Waals surface area contributed by atoms with Gasteiger partial charge < -0.3 is 14.9 Å². The normalized spacial score (nSPS) is 20.1. The van der Waals surface area contributed by atoms with Gasteiger partial charge >= 0.3 is 0 Å². The molecule has 0 saturated carbocycles. The van der Waals surface area contributed by atoms with Crippen molar-refractivity contribution < 1.29 is 14.9 Å². The molecule has 2 N–H and O–H groups in total. The smallest absolute Gasteiger partial charge is 0.122 e. The molecule has 1 saturated heterocycles. The Hall–Kier alpha value is -0.580. The summed E-state index contributed by atoms with van der Waals surface area (Å²) >= 11 is 3.27. The van der Waals surface area contributed by atoms with Crippen molar-refractivity contribution in [3.05, 3.63) is 28.2 Å². The summed E-state index contributed by atoms with van der Waals surface area (Å²) in [4.78, 5) is 0. The summed E-state index contributed by atoms with van der Waals surface area (Å²) in [7, 11) is 0. The Morgan fingerprint density at radius 2 is 1.93 bits per heavy atom. The largest absolute Gasteiger partial charge is 0.508 e. The minimum atomic E-state index is -0.941. The molecule has 1 aliphatic rings. The molecule has 82 valence electrons. The predicted octanol–water partition coefficient (Wildman–Crippen LogP) is 2.15. The van der Waals surface area contributed by atoms with Crippen LogP contribution in [0, 0.1) is 0 Å². The number of rotatable bonds is 1. The molecular formula is C11H13BrO3. The van der Waals surface area contributed by atoms with Crippen LogP contribution in [-0.4, -0.2) is 23.4 Å². The Morgan fingerprint density at radius 1 is 1.27 bits per heavy atom. The SMILES string of the molecule is Oc1cc(Br)ccc1C1(O)CCOCC1. The van der Waals surface area contributed by atoms with E-state index < -0.39 is 5.60 Å². The zero-order valence-electron chi connectivity index (χ0n) is 8.24. The lowest BCUT2D eigenvalue weighted by molar-refractivity contribution is -0.0689. The van der Waals surface area contributed by atoms with Crippen LogP contribution in [0.3, 0.4) is 0 Å². The highest BCUT2D eigenvalue weighted by molar-refractivity contribution is 9.10. The Balaban J connectivity index is 2.35. The number of aliphatic hydroxyl groups is 1. The Kier molecular flexibility index (Phi) is 3.00. The molecule has 1 aromatic carbocycles. The summed E-state index contributed by atoms with van der Waals surface area (Å²) < 4.78 is 6.00. The average Bonchev–Trinajstić information content (AvgIpc) is 2.18. The number of benzene rings is 1. The van der Waals surface area contributed by atoms with Crippen LogP contribution in [-0.2, 0) is 10.3 Å². The minimum Gasteiger partial charge on any atom is -0.508 e. The van der Waals surface area contributed by atoms with Gasteiger partial charge in [0.25, 0.3) is 0 Å². The van der Waals surface area contributed by atoms with Crippen molar-refractivity contribution in [2.45, 2.75) is 18.4 Å². The molecule has 2 rings (SSSR count). The third-order valence-corrected chi connectivity index (χ3v) is 3.27. The summed E-state index contributed by atoms with van der Waals surface area (Å²) in [5.74, 6) is 0.133. The van der Waals surface area contributed by atoms with Gasteiger partial charge in [-0.25, -0.2) is 0 Å². The quantitative estimate of drug-likeness (QED) is 0.824. The maximum atomic E-state index is 10.4. The number of ether oxygens (including phenoxy) is 1. The van der Waals surface area contributed by atoms with Crippen molar-refractivity contribution in [1.29, 1.82) is 0 Å². The van der Waals surface area contributed by atoms with Gasteiger partial charge in [0.2, 0.25) is 0 Å². The van der Waals surface area contributed by atoms with Crippen molar-refractivity contribution in [1.82, 2.24) is 0 Å². The van der Waals surface area contributed by atoms with E-state index in [9.17, 15) is 10.2 Å². The van der Waals surface area contributed by atoms with Gasteiger partial charge in [-0.05, 0) is 12.1 Å². The van der Waals surface area contributed by atoms with E-state index in [1.54, 1.807) is 12.1 Å². The molecule has 0 aromatic heterocycles. The van der Waals surface area contributed by atoms with E-state index in [1.807, 2.05) is 6.07 Å². The van der Waals surface area contributed by atoms with Gasteiger partial charge in [-0.1, -0.05) is 22.0 Å². The van der Waals surface area contributed by atoms with E-state index >= 15 is 0 Å². The van der Waals surface area contributed by atoms with E-state index in [-0.39, 0.29) is 5.75 Å². The van der Waals surface area contributed by atoms with Crippen molar-refractivity contribution in [2.24, 2.45) is 0 Å². The van der Waals surface area contributed by atoms with Crippen LogP contribution < -0.4 is 0 Å². The van der Waals surface area contributed by atoms with Crippen molar-refractivity contribution in [2.75, 3.05) is 13.2 Å². The Bertz CT molecular complexity index is 359. The van der Waals surface area contributed by atoms with Crippen LogP contribution in [0.5, 0.6) is 5.75 Å². The van der Waals surface area contributed by atoms with E-state index in [0.29, 0.717) is 31.6 Å². The molecule has 0 spiro atoms. The van der Waals surface area contributed by atoms with E-state index in [4.69, 9.17) is 4.74 Å². The number of phenolic OH excluding ortho intramolecular Hbond substituents is 1. The van der Waals surface area contributed by atoms with E-state index in [1.165, 1.54) is 0 Å². The van der Waals surface area contributed by atoms with Crippen LogP contribution in [0.25, 0.3) is 0 Å². The molecule has 15 heavy (non-hydrogen) atoms. The van der Waals surface area contributed by atoms with Crippen LogP contribution in [0.4, 0.5) is 0 Å². The van der Waals surface area contributed by atoms with Gasteiger partial charge in [0.15, 0.2) is 0 Å². The lowest BCUT2D eigenvalue weighted by Gasteiger charge is -2.32. The molecule has 0 amide bonds. The number of aromatic hydroxyl groups is 1. The van der Waals surface area contributed by atoms with Gasteiger partial charge in [-0.15, -0.1) is 0 Å². The van der Waals surface area contributed by atoms with Crippen LogP contribution in [0.15, 0.2) is 22.7 Å². The number of hydrogen-bond donors (Lipinski definition) is 2. The summed E-state index contributed by atoms with van der Waals surface area (Å²) in [6, 6.07) is 5.18. The summed E-state index contributed by atoms with van der Waals surface area (Å²) in [6.07, 6.45) is 1.06. The molecule has 1 aliphatic heterocycles. The van der Waals surface area contributed by atoms with Gasteiger partial charge in [-0.2, -0.15) is 0 Å². The highest BCUT2D eigenvalue weighted by Crippen LogP contribution is 2.37. The molecule has 0 unspecified atom stereocenters. The van der Waals surface area contributed by atoms with Gasteiger partial charge in [-0.3, -0.25) is 0 Å². The van der Waals surface area contributed by atoms with Gasteiger partial charge in [0.05, 0.1) is 5.60 Å². The molecule has 4 heteroatoms. The fourth-order valence-electron chi connectivity index (χ4n) is 1.88. The van der Waals surface area contributed by atoms with Crippen molar-refractivity contribution in [3.8, 4) is 5.75 Å². The number of phenols is 1. The number of halogens is 1. The van der Waals surface area contributed by atoms with E-state index in [2.05, 4.69) is 15.9 Å². The maximum Gasteiger partial charge on any atom is 0.122 e. The first-order valence-electron chi connectivity index (χ1n) is 4.91. The monoisotopic (exact) mass is 272 g/mol. The van der Waals surface area contributed by atoms with Crippen molar-refractivity contribution in [3.63, 3.8) is 0 Å². The second-order valence-electron chi connectivity index (χ2n) is 3.81. The average molecular weight is 273 g/mol.